The molecule has 2 aromatic carbocycles. The van der Waals surface area contributed by atoms with Crippen molar-refractivity contribution in [1.29, 1.82) is 0 Å². The summed E-state index contributed by atoms with van der Waals surface area (Å²) in [5.74, 6) is -0.101. The average Bonchev–Trinajstić information content (AvgIpc) is 2.97. The molecular weight excluding hydrogens is 420 g/mol. The summed E-state index contributed by atoms with van der Waals surface area (Å²) in [4.78, 5) is 25.2. The highest BCUT2D eigenvalue weighted by molar-refractivity contribution is 7.99. The number of hydrogen-bond donors (Lipinski definition) is 1. The van der Waals surface area contributed by atoms with Crippen LogP contribution in [0.2, 0.25) is 0 Å². The third kappa shape index (κ3) is 4.41. The topological polar surface area (TPSA) is 102 Å². The monoisotopic (exact) mass is 444 g/mol. The van der Waals surface area contributed by atoms with E-state index in [1.165, 1.54) is 14.2 Å². The van der Waals surface area contributed by atoms with Crippen LogP contribution in [0.4, 0.5) is 0 Å². The minimum atomic E-state index is -4.16. The fourth-order valence-electron chi connectivity index (χ4n) is 3.39. The van der Waals surface area contributed by atoms with Gasteiger partial charge >= 0.3 is 0 Å². The average molecular weight is 445 g/mol. The van der Waals surface area contributed by atoms with Crippen molar-refractivity contribution in [3.63, 3.8) is 0 Å². The molecule has 164 valence electrons. The molecule has 0 saturated carbocycles. The van der Waals surface area contributed by atoms with Crippen LogP contribution in [0.15, 0.2) is 54.1 Å². The van der Waals surface area contributed by atoms with E-state index in [1.54, 1.807) is 55.5 Å². The molecule has 0 spiro atoms. The molecule has 1 N–H and O–H groups in total. The molecule has 3 rings (SSSR count). The van der Waals surface area contributed by atoms with Crippen molar-refractivity contribution in [2.45, 2.75) is 19.9 Å². The van der Waals surface area contributed by atoms with Gasteiger partial charge in [-0.3, -0.25) is 9.59 Å². The zero-order valence-electron chi connectivity index (χ0n) is 17.5. The minimum absolute atomic E-state index is 0.0693. The van der Waals surface area contributed by atoms with E-state index in [4.69, 9.17) is 9.47 Å². The SMILES string of the molecule is CCC1=C(c2ccc(OC)cc2)S(=O)(=O)N(CC(=O)NCc2ccccc2OC)C1=O. The van der Waals surface area contributed by atoms with Crippen LogP contribution in [0.1, 0.15) is 24.5 Å². The number of rotatable bonds is 8. The Hall–Kier alpha value is -3.33. The van der Waals surface area contributed by atoms with Gasteiger partial charge in [-0.25, -0.2) is 12.7 Å². The number of hydrogen-bond acceptors (Lipinski definition) is 6. The van der Waals surface area contributed by atoms with Crippen molar-refractivity contribution in [3.05, 3.63) is 65.2 Å². The third-order valence-corrected chi connectivity index (χ3v) is 6.84. The first-order valence-electron chi connectivity index (χ1n) is 9.66. The smallest absolute Gasteiger partial charge is 0.268 e. The predicted molar refractivity (Wildman–Crippen MR) is 116 cm³/mol. The Kier molecular flexibility index (Phi) is 6.65. The zero-order chi connectivity index (χ0) is 22.6. The molecule has 1 heterocycles. The normalized spacial score (nSPS) is 15.2. The molecule has 1 aliphatic rings. The van der Waals surface area contributed by atoms with Gasteiger partial charge in [-0.15, -0.1) is 0 Å². The van der Waals surface area contributed by atoms with Gasteiger partial charge in [-0.1, -0.05) is 25.1 Å². The van der Waals surface area contributed by atoms with Gasteiger partial charge in [0.1, 0.15) is 22.9 Å². The lowest BCUT2D eigenvalue weighted by molar-refractivity contribution is -0.128. The second-order valence-electron chi connectivity index (χ2n) is 6.80. The van der Waals surface area contributed by atoms with Gasteiger partial charge in [0.15, 0.2) is 0 Å². The van der Waals surface area contributed by atoms with Crippen LogP contribution in [-0.2, 0) is 26.2 Å². The van der Waals surface area contributed by atoms with Gasteiger partial charge < -0.3 is 14.8 Å². The van der Waals surface area contributed by atoms with E-state index in [9.17, 15) is 18.0 Å². The molecule has 1 aliphatic heterocycles. The largest absolute Gasteiger partial charge is 0.497 e. The van der Waals surface area contributed by atoms with Gasteiger partial charge in [0.25, 0.3) is 15.9 Å². The molecule has 2 amide bonds. The molecule has 0 aromatic heterocycles. The molecule has 0 saturated heterocycles. The van der Waals surface area contributed by atoms with Crippen LogP contribution in [0, 0.1) is 0 Å². The van der Waals surface area contributed by atoms with E-state index in [2.05, 4.69) is 5.32 Å². The Morgan fingerprint density at radius 1 is 1.03 bits per heavy atom. The quantitative estimate of drug-likeness (QED) is 0.670. The van der Waals surface area contributed by atoms with E-state index < -0.39 is 28.4 Å². The summed E-state index contributed by atoms with van der Waals surface area (Å²) in [6.07, 6.45) is 0.221. The van der Waals surface area contributed by atoms with Crippen molar-refractivity contribution in [3.8, 4) is 11.5 Å². The molecule has 0 unspecified atom stereocenters. The zero-order valence-corrected chi connectivity index (χ0v) is 18.4. The Labute approximate surface area is 181 Å². The lowest BCUT2D eigenvalue weighted by Crippen LogP contribution is -2.41. The highest BCUT2D eigenvalue weighted by atomic mass is 32.2. The summed E-state index contributed by atoms with van der Waals surface area (Å²) >= 11 is 0. The number of nitrogens with zero attached hydrogens (tertiary/aromatic N) is 1. The van der Waals surface area contributed by atoms with Crippen LogP contribution < -0.4 is 14.8 Å². The predicted octanol–water partition coefficient (Wildman–Crippen LogP) is 2.31. The van der Waals surface area contributed by atoms with E-state index in [0.717, 1.165) is 5.56 Å². The maximum atomic E-state index is 13.2. The summed E-state index contributed by atoms with van der Waals surface area (Å²) in [5.41, 5.74) is 1.27. The second-order valence-corrected chi connectivity index (χ2v) is 8.59. The molecule has 0 fully saturated rings. The van der Waals surface area contributed by atoms with Gasteiger partial charge in [0.2, 0.25) is 5.91 Å². The van der Waals surface area contributed by atoms with Gasteiger partial charge in [-0.05, 0) is 42.3 Å². The van der Waals surface area contributed by atoms with Crippen molar-refractivity contribution < 1.29 is 27.5 Å². The molecule has 0 bridgehead atoms. The summed E-state index contributed by atoms with van der Waals surface area (Å²) < 4.78 is 37.3. The molecule has 0 radical (unpaired) electrons. The highest BCUT2D eigenvalue weighted by Crippen LogP contribution is 2.37. The Morgan fingerprint density at radius 3 is 2.32 bits per heavy atom. The first-order chi connectivity index (χ1) is 14.8. The standard InChI is InChI=1S/C22H24N2O6S/c1-4-18-21(15-9-11-17(29-2)12-10-15)31(27,28)24(22(18)26)14-20(25)23-13-16-7-5-6-8-19(16)30-3/h5-12H,4,13-14H2,1-3H3,(H,23,25). The summed E-state index contributed by atoms with van der Waals surface area (Å²) in [5, 5.41) is 2.65. The number of sulfonamides is 1. The minimum Gasteiger partial charge on any atom is -0.497 e. The van der Waals surface area contributed by atoms with E-state index in [-0.39, 0.29) is 23.4 Å². The Bertz CT molecular complexity index is 1120. The van der Waals surface area contributed by atoms with E-state index in [1.807, 2.05) is 0 Å². The van der Waals surface area contributed by atoms with Crippen LogP contribution >= 0.6 is 0 Å². The van der Waals surface area contributed by atoms with Crippen LogP contribution in [0.5, 0.6) is 11.5 Å². The maximum Gasteiger partial charge on any atom is 0.268 e. The van der Waals surface area contributed by atoms with Crippen LogP contribution in [0.25, 0.3) is 4.91 Å². The van der Waals surface area contributed by atoms with E-state index >= 15 is 0 Å². The van der Waals surface area contributed by atoms with Gasteiger partial charge in [-0.2, -0.15) is 0 Å². The van der Waals surface area contributed by atoms with Crippen molar-refractivity contribution in [2.75, 3.05) is 20.8 Å². The van der Waals surface area contributed by atoms with Crippen molar-refractivity contribution in [2.24, 2.45) is 0 Å². The fourth-order valence-corrected chi connectivity index (χ4v) is 5.20. The molecule has 0 aliphatic carbocycles. The molecule has 8 nitrogen and oxygen atoms in total. The number of carbonyl (C=O) groups is 2. The number of methoxy groups -OCH3 is 2. The number of carbonyl (C=O) groups excluding carboxylic acids is 2. The van der Waals surface area contributed by atoms with Crippen LogP contribution in [-0.4, -0.2) is 45.3 Å². The molecular formula is C22H24N2O6S. The summed E-state index contributed by atoms with van der Waals surface area (Å²) in [7, 11) is -1.14. The molecule has 31 heavy (non-hydrogen) atoms. The lowest BCUT2D eigenvalue weighted by atomic mass is 10.1. The number of ether oxygens (including phenoxy) is 2. The van der Waals surface area contributed by atoms with Gasteiger partial charge in [0.05, 0.1) is 14.2 Å². The van der Waals surface area contributed by atoms with Crippen molar-refractivity contribution in [1.82, 2.24) is 9.62 Å². The second kappa shape index (κ2) is 9.22. The highest BCUT2D eigenvalue weighted by Gasteiger charge is 2.44. The summed E-state index contributed by atoms with van der Waals surface area (Å²) in [6.45, 7) is 1.25. The first-order valence-corrected chi connectivity index (χ1v) is 11.1. The van der Waals surface area contributed by atoms with Gasteiger partial charge in [0, 0.05) is 17.7 Å². The Morgan fingerprint density at radius 2 is 1.71 bits per heavy atom. The number of amides is 2. The first kappa shape index (κ1) is 22.4. The Balaban J connectivity index is 1.79. The maximum absolute atomic E-state index is 13.2. The number of nitrogens with one attached hydrogen (secondary N) is 1. The molecule has 9 heteroatoms. The summed E-state index contributed by atoms with van der Waals surface area (Å²) in [6, 6.07) is 13.6. The third-order valence-electron chi connectivity index (χ3n) is 4.97. The molecule has 0 atom stereocenters. The van der Waals surface area contributed by atoms with Crippen molar-refractivity contribution >= 4 is 26.7 Å². The molecule has 2 aromatic rings. The van der Waals surface area contributed by atoms with E-state index in [0.29, 0.717) is 21.4 Å². The number of para-hydroxylation sites is 1. The fraction of sp³-hybridized carbons (Fsp3) is 0.273. The van der Waals surface area contributed by atoms with Crippen LogP contribution in [0.3, 0.4) is 0 Å². The number of benzene rings is 2. The lowest BCUT2D eigenvalue weighted by Gasteiger charge is -2.17.